The van der Waals surface area contributed by atoms with Gasteiger partial charge in [0.15, 0.2) is 0 Å². The minimum absolute atomic E-state index is 0.0442. The topological polar surface area (TPSA) is 97.5 Å². The van der Waals surface area contributed by atoms with Crippen LogP contribution in [-0.2, 0) is 16.1 Å². The summed E-state index contributed by atoms with van der Waals surface area (Å²) >= 11 is 16.3. The van der Waals surface area contributed by atoms with Gasteiger partial charge in [0, 0.05) is 40.9 Å². The molecule has 3 aromatic heterocycles. The molecular formula is C19H18Cl2F3N3O3S2. The number of pyridine rings is 1. The molecule has 0 saturated carbocycles. The molecular weight excluding hydrogens is 510 g/mol. The highest BCUT2D eigenvalue weighted by atomic mass is 35.5. The minimum atomic E-state index is -5.08. The number of halogens is 5. The minimum Gasteiger partial charge on any atom is -0.475 e. The van der Waals surface area contributed by atoms with Gasteiger partial charge in [-0.3, -0.25) is 0 Å². The van der Waals surface area contributed by atoms with Crippen LogP contribution in [0.5, 0.6) is 0 Å². The van der Waals surface area contributed by atoms with Crippen molar-refractivity contribution in [2.24, 2.45) is 5.73 Å². The van der Waals surface area contributed by atoms with Crippen LogP contribution in [0.4, 0.5) is 18.9 Å². The highest BCUT2D eigenvalue weighted by Gasteiger charge is 2.38. The van der Waals surface area contributed by atoms with E-state index in [2.05, 4.69) is 21.7 Å². The number of hydrogen-bond donors (Lipinski definition) is 3. The number of ether oxygens (including phenoxy) is 1. The molecule has 3 aromatic rings. The lowest BCUT2D eigenvalue weighted by atomic mass is 9.94. The molecule has 0 radical (unpaired) electrons. The van der Waals surface area contributed by atoms with Crippen LogP contribution >= 0.6 is 45.9 Å². The van der Waals surface area contributed by atoms with Gasteiger partial charge in [-0.2, -0.15) is 13.2 Å². The normalized spacial score (nSPS) is 18.8. The Hall–Kier alpha value is -1.63. The first-order chi connectivity index (χ1) is 15.1. The van der Waals surface area contributed by atoms with Crippen molar-refractivity contribution < 1.29 is 27.8 Å². The molecule has 4 heterocycles. The van der Waals surface area contributed by atoms with E-state index in [0.29, 0.717) is 23.4 Å². The van der Waals surface area contributed by atoms with Gasteiger partial charge in [0.1, 0.15) is 10.7 Å². The molecule has 0 spiro atoms. The quantitative estimate of drug-likeness (QED) is 0.374. The molecule has 32 heavy (non-hydrogen) atoms. The van der Waals surface area contributed by atoms with Crippen molar-refractivity contribution in [1.82, 2.24) is 4.98 Å². The monoisotopic (exact) mass is 527 g/mol. The Labute approximate surface area is 199 Å². The molecule has 0 bridgehead atoms. The van der Waals surface area contributed by atoms with Crippen molar-refractivity contribution in [3.8, 4) is 0 Å². The van der Waals surface area contributed by atoms with E-state index in [9.17, 15) is 13.2 Å². The summed E-state index contributed by atoms with van der Waals surface area (Å²) in [5.41, 5.74) is 7.97. The third-order valence-corrected chi connectivity index (χ3v) is 7.50. The van der Waals surface area contributed by atoms with Crippen LogP contribution in [0.3, 0.4) is 0 Å². The van der Waals surface area contributed by atoms with Gasteiger partial charge in [-0.1, -0.05) is 29.3 Å². The van der Waals surface area contributed by atoms with E-state index < -0.39 is 12.1 Å². The van der Waals surface area contributed by atoms with Crippen molar-refractivity contribution in [1.29, 1.82) is 0 Å². The predicted octanol–water partition coefficient (Wildman–Crippen LogP) is 5.74. The first-order valence-corrected chi connectivity index (χ1v) is 11.7. The number of nitrogens with one attached hydrogen (secondary N) is 1. The van der Waals surface area contributed by atoms with E-state index >= 15 is 0 Å². The number of aromatic nitrogens is 1. The fourth-order valence-electron chi connectivity index (χ4n) is 3.08. The number of hydrogen-bond acceptors (Lipinski definition) is 7. The fraction of sp³-hybridized carbons (Fsp3) is 0.368. The Morgan fingerprint density at radius 2 is 2.12 bits per heavy atom. The largest absolute Gasteiger partial charge is 0.490 e. The van der Waals surface area contributed by atoms with Crippen molar-refractivity contribution >= 4 is 67.7 Å². The fourth-order valence-corrected chi connectivity index (χ4v) is 5.70. The van der Waals surface area contributed by atoms with Gasteiger partial charge < -0.3 is 20.9 Å². The van der Waals surface area contributed by atoms with Crippen LogP contribution in [0, 0.1) is 0 Å². The highest BCUT2D eigenvalue weighted by Crippen LogP contribution is 2.45. The SMILES string of the molecule is N[C@H]1COCC[C@@H]1c1sc2c(NCc3cccs3)cc(Cl)nc2c1Cl.O=C(O)C(F)(F)F. The number of nitrogens with two attached hydrogens (primary N) is 1. The Bertz CT molecular complexity index is 1080. The highest BCUT2D eigenvalue weighted by molar-refractivity contribution is 7.20. The first-order valence-electron chi connectivity index (χ1n) is 9.26. The molecule has 13 heteroatoms. The van der Waals surface area contributed by atoms with Crippen LogP contribution in [0.25, 0.3) is 10.2 Å². The van der Waals surface area contributed by atoms with E-state index in [0.717, 1.165) is 33.7 Å². The zero-order valence-electron chi connectivity index (χ0n) is 16.3. The third-order valence-electron chi connectivity index (χ3n) is 4.59. The zero-order valence-corrected chi connectivity index (χ0v) is 19.4. The Balaban J connectivity index is 0.000000360. The molecule has 6 nitrogen and oxygen atoms in total. The smallest absolute Gasteiger partial charge is 0.475 e. The molecule has 4 N–H and O–H groups in total. The van der Waals surface area contributed by atoms with Crippen LogP contribution < -0.4 is 11.1 Å². The van der Waals surface area contributed by atoms with Gasteiger partial charge in [0.2, 0.25) is 0 Å². The summed E-state index contributed by atoms with van der Waals surface area (Å²) in [5.74, 6) is -2.56. The molecule has 1 saturated heterocycles. The van der Waals surface area contributed by atoms with Crippen molar-refractivity contribution in [3.63, 3.8) is 0 Å². The molecule has 2 atom stereocenters. The number of alkyl halides is 3. The molecule has 4 rings (SSSR count). The second kappa shape index (κ2) is 10.5. The summed E-state index contributed by atoms with van der Waals surface area (Å²) in [6.07, 6.45) is -4.21. The number of carboxylic acid groups (broad SMARTS) is 1. The second-order valence-corrected chi connectivity index (χ2v) is 9.67. The number of thiophene rings is 2. The summed E-state index contributed by atoms with van der Waals surface area (Å²) in [5, 5.41) is 13.8. The lowest BCUT2D eigenvalue weighted by molar-refractivity contribution is -0.192. The summed E-state index contributed by atoms with van der Waals surface area (Å²) in [6, 6.07) is 5.96. The van der Waals surface area contributed by atoms with Gasteiger partial charge in [0.05, 0.1) is 22.0 Å². The van der Waals surface area contributed by atoms with E-state index in [4.69, 9.17) is 43.6 Å². The molecule has 1 fully saturated rings. The Morgan fingerprint density at radius 3 is 2.72 bits per heavy atom. The van der Waals surface area contributed by atoms with Crippen molar-refractivity contribution in [2.45, 2.75) is 31.1 Å². The van der Waals surface area contributed by atoms with Crippen LogP contribution in [0.2, 0.25) is 10.2 Å². The summed E-state index contributed by atoms with van der Waals surface area (Å²) in [6.45, 7) is 2.02. The first kappa shape index (κ1) is 25.0. The molecule has 0 aromatic carbocycles. The van der Waals surface area contributed by atoms with Crippen LogP contribution in [-0.4, -0.2) is 41.5 Å². The van der Waals surface area contributed by atoms with Crippen molar-refractivity contribution in [3.05, 3.63) is 43.5 Å². The van der Waals surface area contributed by atoms with Crippen molar-refractivity contribution in [2.75, 3.05) is 18.5 Å². The van der Waals surface area contributed by atoms with E-state index in [1.165, 1.54) is 4.88 Å². The molecule has 1 aliphatic heterocycles. The maximum absolute atomic E-state index is 10.6. The molecule has 174 valence electrons. The number of carboxylic acids is 1. The van der Waals surface area contributed by atoms with Crippen LogP contribution in [0.15, 0.2) is 23.6 Å². The molecule has 0 aliphatic carbocycles. The average molecular weight is 528 g/mol. The summed E-state index contributed by atoms with van der Waals surface area (Å²) < 4.78 is 38.2. The van der Waals surface area contributed by atoms with Crippen LogP contribution in [0.1, 0.15) is 22.1 Å². The number of anilines is 1. The van der Waals surface area contributed by atoms with Gasteiger partial charge >= 0.3 is 12.1 Å². The third kappa shape index (κ3) is 6.03. The van der Waals surface area contributed by atoms with Gasteiger partial charge in [0.25, 0.3) is 0 Å². The number of aliphatic carboxylic acids is 1. The second-order valence-electron chi connectivity index (χ2n) is 6.82. The maximum atomic E-state index is 10.6. The maximum Gasteiger partial charge on any atom is 0.490 e. The number of nitrogens with zero attached hydrogens (tertiary/aromatic N) is 1. The standard InChI is InChI=1S/C17H17Cl2N3OS2.C2HF3O2/c18-13-6-12(21-7-9-2-1-5-24-9)17-15(22-13)14(19)16(25-17)10-3-4-23-8-11(10)20;3-2(4,5)1(6)7/h1-2,5-6,10-11H,3-4,7-8,20H2,(H,21,22);(H,6,7)/t10-,11-;/m0./s1. The van der Waals surface area contributed by atoms with E-state index in [1.807, 2.05) is 12.1 Å². The summed E-state index contributed by atoms with van der Waals surface area (Å²) in [7, 11) is 0. The average Bonchev–Trinajstić information content (AvgIpc) is 3.35. The molecule has 0 amide bonds. The molecule has 0 unspecified atom stereocenters. The zero-order chi connectivity index (χ0) is 23.5. The van der Waals surface area contributed by atoms with Gasteiger partial charge in [-0.05, 0) is 17.9 Å². The van der Waals surface area contributed by atoms with Gasteiger partial charge in [-0.15, -0.1) is 22.7 Å². The van der Waals surface area contributed by atoms with E-state index in [-0.39, 0.29) is 12.0 Å². The van der Waals surface area contributed by atoms with E-state index in [1.54, 1.807) is 22.7 Å². The predicted molar refractivity (Wildman–Crippen MR) is 121 cm³/mol. The Morgan fingerprint density at radius 1 is 1.41 bits per heavy atom. The lowest BCUT2D eigenvalue weighted by Gasteiger charge is -2.28. The lowest BCUT2D eigenvalue weighted by Crippen LogP contribution is -2.37. The Kier molecular flexibility index (Phi) is 8.23. The van der Waals surface area contributed by atoms with Gasteiger partial charge in [-0.25, -0.2) is 9.78 Å². The number of carbonyl (C=O) groups is 1. The molecule has 1 aliphatic rings. The number of rotatable bonds is 4. The summed E-state index contributed by atoms with van der Waals surface area (Å²) in [4.78, 5) is 15.7. The number of fused-ring (bicyclic) bond motifs is 1.